The van der Waals surface area contributed by atoms with E-state index in [0.29, 0.717) is 42.9 Å². The van der Waals surface area contributed by atoms with Crippen LogP contribution < -0.4 is 0 Å². The van der Waals surface area contributed by atoms with Gasteiger partial charge in [-0.15, -0.1) is 0 Å². The minimum atomic E-state index is -4.40. The number of piperazine rings is 1. The van der Waals surface area contributed by atoms with E-state index in [4.69, 9.17) is 0 Å². The number of hydrogen-bond acceptors (Lipinski definition) is 2. The zero-order valence-corrected chi connectivity index (χ0v) is 15.8. The first-order valence-electron chi connectivity index (χ1n) is 9.69. The summed E-state index contributed by atoms with van der Waals surface area (Å²) in [6.45, 7) is 1.95. The second kappa shape index (κ2) is 7.54. The third-order valence-corrected chi connectivity index (χ3v) is 5.49. The Kier molecular flexibility index (Phi) is 5.06. The molecule has 7 heteroatoms. The maximum atomic E-state index is 13.1. The van der Waals surface area contributed by atoms with Crippen LogP contribution in [0.1, 0.15) is 28.8 Å². The molecule has 0 aromatic heterocycles. The van der Waals surface area contributed by atoms with E-state index in [-0.39, 0.29) is 17.7 Å². The number of benzene rings is 2. The van der Waals surface area contributed by atoms with Gasteiger partial charge >= 0.3 is 6.18 Å². The van der Waals surface area contributed by atoms with Crippen LogP contribution in [0.25, 0.3) is 11.1 Å². The molecule has 2 aromatic rings. The number of nitrogens with zero attached hydrogens (tertiary/aromatic N) is 2. The second-order valence-corrected chi connectivity index (χ2v) is 7.51. The second-order valence-electron chi connectivity index (χ2n) is 7.51. The van der Waals surface area contributed by atoms with Crippen molar-refractivity contribution in [2.75, 3.05) is 26.2 Å². The molecular weight excluding hydrogens is 381 g/mol. The van der Waals surface area contributed by atoms with Crippen molar-refractivity contribution in [2.24, 2.45) is 5.92 Å². The summed E-state index contributed by atoms with van der Waals surface area (Å²) in [6.07, 6.45) is -2.48. The highest BCUT2D eigenvalue weighted by molar-refractivity contribution is 6.01. The molecule has 4 rings (SSSR count). The average Bonchev–Trinajstić information content (AvgIpc) is 3.58. The molecule has 152 valence electrons. The Balaban J connectivity index is 1.51. The molecule has 29 heavy (non-hydrogen) atoms. The van der Waals surface area contributed by atoms with Gasteiger partial charge in [0.2, 0.25) is 5.91 Å². The molecule has 1 heterocycles. The van der Waals surface area contributed by atoms with Gasteiger partial charge in [-0.05, 0) is 42.2 Å². The van der Waals surface area contributed by atoms with Gasteiger partial charge in [0, 0.05) is 37.7 Å². The molecule has 0 bridgehead atoms. The highest BCUT2D eigenvalue weighted by Crippen LogP contribution is 2.33. The smallest absolute Gasteiger partial charge is 0.339 e. The van der Waals surface area contributed by atoms with E-state index in [9.17, 15) is 22.8 Å². The lowest BCUT2D eigenvalue weighted by Gasteiger charge is -2.35. The average molecular weight is 402 g/mol. The summed E-state index contributed by atoms with van der Waals surface area (Å²) in [5.74, 6) is 0.180. The number of amides is 2. The van der Waals surface area contributed by atoms with Crippen molar-refractivity contribution in [3.8, 4) is 11.1 Å². The van der Waals surface area contributed by atoms with Crippen LogP contribution in [0.3, 0.4) is 0 Å². The van der Waals surface area contributed by atoms with Gasteiger partial charge < -0.3 is 9.80 Å². The lowest BCUT2D eigenvalue weighted by Crippen LogP contribution is -2.51. The minimum Gasteiger partial charge on any atom is -0.339 e. The molecule has 0 spiro atoms. The number of alkyl halides is 3. The van der Waals surface area contributed by atoms with Crippen molar-refractivity contribution in [3.63, 3.8) is 0 Å². The first-order valence-corrected chi connectivity index (χ1v) is 9.69. The lowest BCUT2D eigenvalue weighted by atomic mass is 9.97. The Morgan fingerprint density at radius 2 is 1.41 bits per heavy atom. The van der Waals surface area contributed by atoms with E-state index >= 15 is 0 Å². The van der Waals surface area contributed by atoms with Gasteiger partial charge in [-0.25, -0.2) is 0 Å². The molecular formula is C22H21F3N2O2. The van der Waals surface area contributed by atoms with Gasteiger partial charge in [-0.2, -0.15) is 13.2 Å². The summed E-state index contributed by atoms with van der Waals surface area (Å²) < 4.78 is 38.5. The van der Waals surface area contributed by atoms with Crippen LogP contribution in [0.2, 0.25) is 0 Å². The monoisotopic (exact) mass is 402 g/mol. The maximum Gasteiger partial charge on any atom is 0.416 e. The molecule has 1 saturated heterocycles. The van der Waals surface area contributed by atoms with Crippen LogP contribution in [-0.4, -0.2) is 47.8 Å². The molecule has 2 aliphatic rings. The van der Waals surface area contributed by atoms with Crippen molar-refractivity contribution in [2.45, 2.75) is 19.0 Å². The van der Waals surface area contributed by atoms with Crippen molar-refractivity contribution in [1.29, 1.82) is 0 Å². The minimum absolute atomic E-state index is 0.164. The third-order valence-electron chi connectivity index (χ3n) is 5.49. The van der Waals surface area contributed by atoms with E-state index in [0.717, 1.165) is 25.0 Å². The third kappa shape index (κ3) is 4.13. The molecule has 4 nitrogen and oxygen atoms in total. The van der Waals surface area contributed by atoms with Crippen LogP contribution in [0, 0.1) is 5.92 Å². The molecule has 1 aliphatic heterocycles. The molecule has 2 fully saturated rings. The van der Waals surface area contributed by atoms with Crippen LogP contribution in [-0.2, 0) is 11.0 Å². The van der Waals surface area contributed by atoms with Crippen molar-refractivity contribution < 1.29 is 22.8 Å². The quantitative estimate of drug-likeness (QED) is 0.777. The van der Waals surface area contributed by atoms with Crippen molar-refractivity contribution in [1.82, 2.24) is 9.80 Å². The summed E-state index contributed by atoms with van der Waals surface area (Å²) in [6, 6.07) is 11.8. The lowest BCUT2D eigenvalue weighted by molar-refractivity contribution is -0.137. The highest BCUT2D eigenvalue weighted by atomic mass is 19.4. The first kappa shape index (κ1) is 19.5. The van der Waals surface area contributed by atoms with Gasteiger partial charge in [0.1, 0.15) is 0 Å². The Morgan fingerprint density at radius 1 is 0.828 bits per heavy atom. The predicted octanol–water partition coefficient (Wildman–Crippen LogP) is 4.07. The molecule has 0 atom stereocenters. The molecule has 1 aliphatic carbocycles. The van der Waals surface area contributed by atoms with Gasteiger partial charge in [-0.1, -0.05) is 30.3 Å². The molecule has 2 amide bonds. The van der Waals surface area contributed by atoms with Crippen LogP contribution >= 0.6 is 0 Å². The van der Waals surface area contributed by atoms with E-state index in [1.54, 1.807) is 29.2 Å². The SMILES string of the molecule is O=C(c1ccccc1-c1ccc(C(F)(F)F)cc1)N1CCN(C(=O)C2CC2)CC1. The fraction of sp³-hybridized carbons (Fsp3) is 0.364. The topological polar surface area (TPSA) is 40.6 Å². The predicted molar refractivity (Wildman–Crippen MR) is 102 cm³/mol. The van der Waals surface area contributed by atoms with Crippen LogP contribution in [0.5, 0.6) is 0 Å². The van der Waals surface area contributed by atoms with E-state index in [1.165, 1.54) is 12.1 Å². The fourth-order valence-corrected chi connectivity index (χ4v) is 3.65. The largest absolute Gasteiger partial charge is 0.416 e. The molecule has 0 unspecified atom stereocenters. The Labute approximate surface area is 166 Å². The zero-order valence-electron chi connectivity index (χ0n) is 15.8. The Hall–Kier alpha value is -2.83. The molecule has 0 N–H and O–H groups in total. The van der Waals surface area contributed by atoms with Gasteiger partial charge in [0.05, 0.1) is 5.56 Å². The van der Waals surface area contributed by atoms with Crippen LogP contribution in [0.4, 0.5) is 13.2 Å². The van der Waals surface area contributed by atoms with Crippen molar-refractivity contribution >= 4 is 11.8 Å². The van der Waals surface area contributed by atoms with E-state index < -0.39 is 11.7 Å². The maximum absolute atomic E-state index is 13.1. The summed E-state index contributed by atoms with van der Waals surface area (Å²) in [4.78, 5) is 28.8. The number of carbonyl (C=O) groups is 2. The van der Waals surface area contributed by atoms with E-state index in [2.05, 4.69) is 0 Å². The van der Waals surface area contributed by atoms with Gasteiger partial charge in [0.25, 0.3) is 5.91 Å². The van der Waals surface area contributed by atoms with Gasteiger partial charge in [-0.3, -0.25) is 9.59 Å². The standard InChI is InChI=1S/C22H21F3N2O2/c23-22(24,25)17-9-7-15(8-10-17)18-3-1-2-4-19(18)21(29)27-13-11-26(12-14-27)20(28)16-5-6-16/h1-4,7-10,16H,5-6,11-14H2. The highest BCUT2D eigenvalue weighted by Gasteiger charge is 2.35. The normalized spacial score (nSPS) is 17.3. The van der Waals surface area contributed by atoms with Gasteiger partial charge in [0.15, 0.2) is 0 Å². The summed E-state index contributed by atoms with van der Waals surface area (Å²) in [7, 11) is 0. The van der Waals surface area contributed by atoms with Crippen molar-refractivity contribution in [3.05, 3.63) is 59.7 Å². The molecule has 0 radical (unpaired) electrons. The Morgan fingerprint density at radius 3 is 2.00 bits per heavy atom. The first-order chi connectivity index (χ1) is 13.8. The molecule has 2 aromatic carbocycles. The number of rotatable bonds is 3. The molecule has 1 saturated carbocycles. The number of hydrogen-bond donors (Lipinski definition) is 0. The van der Waals surface area contributed by atoms with E-state index in [1.807, 2.05) is 4.90 Å². The summed E-state index contributed by atoms with van der Waals surface area (Å²) >= 11 is 0. The Bertz CT molecular complexity index is 912. The number of carbonyl (C=O) groups excluding carboxylic acids is 2. The summed E-state index contributed by atoms with van der Waals surface area (Å²) in [5, 5.41) is 0. The fourth-order valence-electron chi connectivity index (χ4n) is 3.65. The summed E-state index contributed by atoms with van der Waals surface area (Å²) in [5.41, 5.74) is 0.892. The number of halogens is 3. The van der Waals surface area contributed by atoms with Crippen LogP contribution in [0.15, 0.2) is 48.5 Å². The zero-order chi connectivity index (χ0) is 20.6.